The van der Waals surface area contributed by atoms with Gasteiger partial charge in [-0.15, -0.1) is 0 Å². The minimum atomic E-state index is -0.217. The molecule has 9 heteroatoms. The summed E-state index contributed by atoms with van der Waals surface area (Å²) >= 11 is 0. The van der Waals surface area contributed by atoms with E-state index in [4.69, 9.17) is 14.2 Å². The fraction of sp³-hybridized carbons (Fsp3) is 0.423. The smallest absolute Gasteiger partial charge is 0.238 e. The van der Waals surface area contributed by atoms with Crippen molar-refractivity contribution in [2.24, 2.45) is 0 Å². The minimum absolute atomic E-state index is 0.0904. The van der Waals surface area contributed by atoms with Gasteiger partial charge in [-0.05, 0) is 43.5 Å². The van der Waals surface area contributed by atoms with Gasteiger partial charge in [0, 0.05) is 44.2 Å². The number of carbonyl (C=O) groups excluding carboxylic acids is 3. The summed E-state index contributed by atoms with van der Waals surface area (Å²) in [7, 11) is 1.63. The first kappa shape index (κ1) is 24.5. The van der Waals surface area contributed by atoms with Crippen LogP contribution in [0.1, 0.15) is 35.7 Å². The van der Waals surface area contributed by atoms with E-state index < -0.39 is 0 Å². The Kier molecular flexibility index (Phi) is 7.87. The molecule has 2 heterocycles. The Balaban J connectivity index is 1.27. The van der Waals surface area contributed by atoms with E-state index in [0.29, 0.717) is 55.2 Å². The Morgan fingerprint density at radius 1 is 1.00 bits per heavy atom. The van der Waals surface area contributed by atoms with Crippen LogP contribution in [0.5, 0.6) is 17.2 Å². The number of nitrogens with zero attached hydrogens (tertiary/aromatic N) is 2. The molecule has 1 N–H and O–H groups in total. The van der Waals surface area contributed by atoms with Crippen molar-refractivity contribution in [1.82, 2.24) is 9.80 Å². The first-order valence-corrected chi connectivity index (χ1v) is 11.8. The first-order valence-electron chi connectivity index (χ1n) is 11.8. The van der Waals surface area contributed by atoms with Crippen molar-refractivity contribution >= 4 is 23.3 Å². The summed E-state index contributed by atoms with van der Waals surface area (Å²) in [5.74, 6) is 1.54. The number of anilines is 1. The number of benzene rings is 2. The fourth-order valence-electron chi connectivity index (χ4n) is 4.31. The number of rotatable bonds is 8. The first-order chi connectivity index (χ1) is 16.9. The van der Waals surface area contributed by atoms with Crippen molar-refractivity contribution in [2.45, 2.75) is 26.2 Å². The van der Waals surface area contributed by atoms with Gasteiger partial charge in [0.1, 0.15) is 5.75 Å². The summed E-state index contributed by atoms with van der Waals surface area (Å²) in [5.41, 5.74) is 1.89. The van der Waals surface area contributed by atoms with Gasteiger partial charge >= 0.3 is 0 Å². The molecule has 0 aliphatic carbocycles. The molecule has 0 bridgehead atoms. The molecule has 35 heavy (non-hydrogen) atoms. The Labute approximate surface area is 204 Å². The van der Waals surface area contributed by atoms with Gasteiger partial charge in [-0.1, -0.05) is 12.1 Å². The molecule has 9 nitrogen and oxygen atoms in total. The number of carbonyl (C=O) groups is 3. The molecule has 2 aromatic rings. The molecule has 0 saturated carbocycles. The van der Waals surface area contributed by atoms with Gasteiger partial charge < -0.3 is 24.4 Å². The average molecular weight is 482 g/mol. The molecular weight excluding hydrogens is 450 g/mol. The number of nitrogens with one attached hydrogen (secondary N) is 1. The van der Waals surface area contributed by atoms with Crippen LogP contribution < -0.4 is 19.5 Å². The van der Waals surface area contributed by atoms with Crippen LogP contribution in [0.3, 0.4) is 0 Å². The lowest BCUT2D eigenvalue weighted by Gasteiger charge is -2.22. The summed E-state index contributed by atoms with van der Waals surface area (Å²) in [6, 6.07) is 11.0. The van der Waals surface area contributed by atoms with Gasteiger partial charge in [-0.3, -0.25) is 19.3 Å². The molecule has 186 valence electrons. The maximum atomic E-state index is 12.8. The third-order valence-corrected chi connectivity index (χ3v) is 6.26. The SMILES string of the molecule is COc1ccc(CCC(=O)N2CCCN(CC(=O)Nc3cc4c(cc3C(C)=O)OCO4)CC2)cc1. The summed E-state index contributed by atoms with van der Waals surface area (Å²) in [6.07, 6.45) is 1.93. The van der Waals surface area contributed by atoms with E-state index in [1.807, 2.05) is 34.1 Å². The van der Waals surface area contributed by atoms with Crippen LogP contribution in [0.25, 0.3) is 0 Å². The second kappa shape index (κ2) is 11.2. The van der Waals surface area contributed by atoms with E-state index in [2.05, 4.69) is 5.32 Å². The van der Waals surface area contributed by atoms with Crippen molar-refractivity contribution in [3.05, 3.63) is 47.5 Å². The van der Waals surface area contributed by atoms with Crippen LogP contribution in [0.15, 0.2) is 36.4 Å². The maximum absolute atomic E-state index is 12.8. The lowest BCUT2D eigenvalue weighted by Crippen LogP contribution is -2.38. The minimum Gasteiger partial charge on any atom is -0.497 e. The van der Waals surface area contributed by atoms with Gasteiger partial charge in [0.2, 0.25) is 18.6 Å². The number of methoxy groups -OCH3 is 1. The Morgan fingerprint density at radius 2 is 1.74 bits per heavy atom. The van der Waals surface area contributed by atoms with Crippen LogP contribution >= 0.6 is 0 Å². The van der Waals surface area contributed by atoms with E-state index in [0.717, 1.165) is 24.3 Å². The van der Waals surface area contributed by atoms with E-state index in [-0.39, 0.29) is 30.9 Å². The summed E-state index contributed by atoms with van der Waals surface area (Å²) < 4.78 is 15.9. The highest BCUT2D eigenvalue weighted by Crippen LogP contribution is 2.37. The topological polar surface area (TPSA) is 97.4 Å². The number of fused-ring (bicyclic) bond motifs is 1. The van der Waals surface area contributed by atoms with Crippen molar-refractivity contribution < 1.29 is 28.6 Å². The Morgan fingerprint density at radius 3 is 2.46 bits per heavy atom. The molecule has 4 rings (SSSR count). The summed E-state index contributed by atoms with van der Waals surface area (Å²) in [4.78, 5) is 41.5. The predicted octanol–water partition coefficient (Wildman–Crippen LogP) is 2.73. The van der Waals surface area contributed by atoms with Crippen molar-refractivity contribution in [3.8, 4) is 17.2 Å². The van der Waals surface area contributed by atoms with E-state index in [9.17, 15) is 14.4 Å². The number of hydrogen-bond acceptors (Lipinski definition) is 7. The normalized spacial score (nSPS) is 15.4. The quantitative estimate of drug-likeness (QED) is 0.579. The zero-order valence-corrected chi connectivity index (χ0v) is 20.2. The van der Waals surface area contributed by atoms with Gasteiger partial charge in [0.15, 0.2) is 17.3 Å². The number of aryl methyl sites for hydroxylation is 1. The molecule has 1 fully saturated rings. The monoisotopic (exact) mass is 481 g/mol. The molecule has 0 unspecified atom stereocenters. The zero-order chi connectivity index (χ0) is 24.8. The van der Waals surface area contributed by atoms with Crippen LogP contribution in [0, 0.1) is 0 Å². The van der Waals surface area contributed by atoms with E-state index >= 15 is 0 Å². The largest absolute Gasteiger partial charge is 0.497 e. The van der Waals surface area contributed by atoms with Crippen molar-refractivity contribution in [3.63, 3.8) is 0 Å². The number of Topliss-reactive ketones (excluding diaryl/α,β-unsaturated/α-hetero) is 1. The Bertz CT molecular complexity index is 1090. The number of ketones is 1. The number of ether oxygens (including phenoxy) is 3. The van der Waals surface area contributed by atoms with Gasteiger partial charge in [-0.25, -0.2) is 0 Å². The van der Waals surface area contributed by atoms with Crippen LogP contribution in [-0.2, 0) is 16.0 Å². The second-order valence-electron chi connectivity index (χ2n) is 8.71. The molecule has 2 aliphatic rings. The number of hydrogen-bond donors (Lipinski definition) is 1. The highest BCUT2D eigenvalue weighted by molar-refractivity contribution is 6.05. The maximum Gasteiger partial charge on any atom is 0.238 e. The van der Waals surface area contributed by atoms with Crippen LogP contribution in [-0.4, -0.2) is 74.0 Å². The van der Waals surface area contributed by atoms with Crippen molar-refractivity contribution in [1.29, 1.82) is 0 Å². The fourth-order valence-corrected chi connectivity index (χ4v) is 4.31. The van der Waals surface area contributed by atoms with Crippen LogP contribution in [0.4, 0.5) is 5.69 Å². The molecular formula is C26H31N3O6. The van der Waals surface area contributed by atoms with E-state index in [1.165, 1.54) is 6.92 Å². The molecule has 2 amide bonds. The molecule has 0 atom stereocenters. The van der Waals surface area contributed by atoms with Gasteiger partial charge in [0.05, 0.1) is 19.3 Å². The van der Waals surface area contributed by atoms with Gasteiger partial charge in [-0.2, -0.15) is 0 Å². The van der Waals surface area contributed by atoms with Crippen LogP contribution in [0.2, 0.25) is 0 Å². The third kappa shape index (κ3) is 6.30. The molecule has 0 aromatic heterocycles. The lowest BCUT2D eigenvalue weighted by molar-refractivity contribution is -0.131. The standard InChI is InChI=1S/C26H31N3O6/c1-18(30)21-14-23-24(35-17-34-23)15-22(21)27-25(31)16-28-10-3-11-29(13-12-28)26(32)9-6-19-4-7-20(33-2)8-5-19/h4-5,7-8,14-15H,3,6,9-13,16-17H2,1-2H3,(H,27,31). The number of amides is 2. The third-order valence-electron chi connectivity index (χ3n) is 6.26. The molecule has 0 radical (unpaired) electrons. The lowest BCUT2D eigenvalue weighted by atomic mass is 10.1. The summed E-state index contributed by atoms with van der Waals surface area (Å²) in [5, 5.41) is 2.84. The molecule has 2 aromatic carbocycles. The molecule has 1 saturated heterocycles. The zero-order valence-electron chi connectivity index (χ0n) is 20.2. The predicted molar refractivity (Wildman–Crippen MR) is 130 cm³/mol. The van der Waals surface area contributed by atoms with Crippen molar-refractivity contribution in [2.75, 3.05) is 51.9 Å². The highest BCUT2D eigenvalue weighted by Gasteiger charge is 2.23. The summed E-state index contributed by atoms with van der Waals surface area (Å²) in [6.45, 7) is 4.31. The molecule has 2 aliphatic heterocycles. The van der Waals surface area contributed by atoms with E-state index in [1.54, 1.807) is 19.2 Å². The highest BCUT2D eigenvalue weighted by atomic mass is 16.7. The Hall–Kier alpha value is -3.59. The van der Waals surface area contributed by atoms with Gasteiger partial charge in [0.25, 0.3) is 0 Å². The second-order valence-corrected chi connectivity index (χ2v) is 8.71. The molecule has 0 spiro atoms. The average Bonchev–Trinajstić information content (AvgIpc) is 3.18.